The van der Waals surface area contributed by atoms with Gasteiger partial charge in [-0.05, 0) is 30.2 Å². The van der Waals surface area contributed by atoms with Gasteiger partial charge in [0.1, 0.15) is 5.82 Å². The van der Waals surface area contributed by atoms with Crippen LogP contribution in [0.5, 0.6) is 0 Å². The highest BCUT2D eigenvalue weighted by Crippen LogP contribution is 2.19. The van der Waals surface area contributed by atoms with Gasteiger partial charge in [0.15, 0.2) is 0 Å². The van der Waals surface area contributed by atoms with Crippen LogP contribution >= 0.6 is 0 Å². The number of nitrogens with one attached hydrogen (secondary N) is 2. The summed E-state index contributed by atoms with van der Waals surface area (Å²) in [5.41, 5.74) is 9.64. The second-order valence-corrected chi connectivity index (χ2v) is 5.23. The Morgan fingerprint density at radius 1 is 1.27 bits per heavy atom. The van der Waals surface area contributed by atoms with Crippen LogP contribution in [0.4, 0.5) is 0 Å². The minimum absolute atomic E-state index is 0.119. The van der Waals surface area contributed by atoms with Crippen molar-refractivity contribution in [2.45, 2.75) is 12.5 Å². The molecule has 5 nitrogen and oxygen atoms in total. The molecule has 0 fully saturated rings. The third-order valence-corrected chi connectivity index (χ3v) is 3.64. The Bertz CT molecular complexity index is 795. The Hall–Kier alpha value is -2.66. The van der Waals surface area contributed by atoms with Gasteiger partial charge < -0.3 is 16.0 Å². The van der Waals surface area contributed by atoms with E-state index in [0.717, 1.165) is 16.9 Å². The summed E-state index contributed by atoms with van der Waals surface area (Å²) in [6, 6.07) is 15.2. The van der Waals surface area contributed by atoms with E-state index in [0.29, 0.717) is 12.0 Å². The number of nitrogens with two attached hydrogens (primary N) is 1. The summed E-state index contributed by atoms with van der Waals surface area (Å²) in [6.07, 6.45) is 0.711. The molecule has 1 unspecified atom stereocenters. The molecule has 1 atom stereocenters. The van der Waals surface area contributed by atoms with Crippen molar-refractivity contribution in [1.82, 2.24) is 15.3 Å². The Labute approximate surface area is 128 Å². The van der Waals surface area contributed by atoms with Gasteiger partial charge in [-0.1, -0.05) is 30.3 Å². The van der Waals surface area contributed by atoms with Gasteiger partial charge in [-0.25, -0.2) is 4.98 Å². The lowest BCUT2D eigenvalue weighted by Crippen LogP contribution is -2.17. The number of aromatic nitrogens is 2. The Balaban J connectivity index is 1.86. The van der Waals surface area contributed by atoms with Crippen molar-refractivity contribution in [2.24, 2.45) is 5.73 Å². The number of aromatic amines is 1. The predicted octanol–water partition coefficient (Wildman–Crippen LogP) is 2.17. The largest absolute Gasteiger partial charge is 0.355 e. The molecule has 0 saturated heterocycles. The van der Waals surface area contributed by atoms with Gasteiger partial charge in [0.05, 0.1) is 17.1 Å². The molecule has 4 N–H and O–H groups in total. The molecule has 22 heavy (non-hydrogen) atoms. The second kappa shape index (κ2) is 5.99. The van der Waals surface area contributed by atoms with E-state index in [2.05, 4.69) is 15.3 Å². The van der Waals surface area contributed by atoms with Crippen LogP contribution in [-0.4, -0.2) is 22.9 Å². The summed E-state index contributed by atoms with van der Waals surface area (Å²) >= 11 is 0. The Morgan fingerprint density at radius 3 is 2.77 bits per heavy atom. The molecule has 0 aliphatic carbocycles. The van der Waals surface area contributed by atoms with Crippen LogP contribution < -0.4 is 11.1 Å². The van der Waals surface area contributed by atoms with Crippen LogP contribution in [0.3, 0.4) is 0 Å². The number of amides is 1. The Morgan fingerprint density at radius 2 is 2.05 bits per heavy atom. The highest BCUT2D eigenvalue weighted by atomic mass is 16.1. The van der Waals surface area contributed by atoms with Gasteiger partial charge in [-0.3, -0.25) is 4.79 Å². The molecular formula is C17H18N4O. The number of rotatable bonds is 4. The van der Waals surface area contributed by atoms with E-state index in [4.69, 9.17) is 5.73 Å². The number of carbonyl (C=O) groups excluding carboxylic acids is 1. The molecule has 1 heterocycles. The lowest BCUT2D eigenvalue weighted by atomic mass is 10.1. The van der Waals surface area contributed by atoms with E-state index in [1.807, 2.05) is 36.4 Å². The Kier molecular flexibility index (Phi) is 3.89. The average molecular weight is 294 g/mol. The van der Waals surface area contributed by atoms with Crippen molar-refractivity contribution in [2.75, 3.05) is 7.05 Å². The van der Waals surface area contributed by atoms with E-state index in [1.54, 1.807) is 19.2 Å². The van der Waals surface area contributed by atoms with E-state index >= 15 is 0 Å². The van der Waals surface area contributed by atoms with Gasteiger partial charge >= 0.3 is 0 Å². The van der Waals surface area contributed by atoms with Crippen LogP contribution in [0, 0.1) is 0 Å². The van der Waals surface area contributed by atoms with Gasteiger partial charge in [-0.15, -0.1) is 0 Å². The smallest absolute Gasteiger partial charge is 0.251 e. The number of fused-ring (bicyclic) bond motifs is 1. The summed E-state index contributed by atoms with van der Waals surface area (Å²) in [7, 11) is 1.61. The van der Waals surface area contributed by atoms with Crippen LogP contribution in [0.15, 0.2) is 48.5 Å². The van der Waals surface area contributed by atoms with Gasteiger partial charge in [0.2, 0.25) is 0 Å². The molecule has 3 aromatic rings. The fourth-order valence-electron chi connectivity index (χ4n) is 2.46. The fraction of sp³-hybridized carbons (Fsp3) is 0.176. The first-order valence-electron chi connectivity index (χ1n) is 7.18. The third kappa shape index (κ3) is 2.84. The van der Waals surface area contributed by atoms with Crippen molar-refractivity contribution in [3.63, 3.8) is 0 Å². The minimum atomic E-state index is -0.210. The summed E-state index contributed by atoms with van der Waals surface area (Å²) in [5.74, 6) is 0.611. The third-order valence-electron chi connectivity index (χ3n) is 3.64. The van der Waals surface area contributed by atoms with Gasteiger partial charge in [-0.2, -0.15) is 0 Å². The van der Waals surface area contributed by atoms with E-state index in [1.165, 1.54) is 5.56 Å². The zero-order valence-corrected chi connectivity index (χ0v) is 12.3. The molecular weight excluding hydrogens is 276 g/mol. The van der Waals surface area contributed by atoms with Crippen molar-refractivity contribution in [3.8, 4) is 0 Å². The standard InChI is InChI=1S/C17H18N4O/c1-19-17(22)12-7-8-14-15(10-12)21-16(20-14)13(18)9-11-5-3-2-4-6-11/h2-8,10,13H,9,18H2,1H3,(H,19,22)(H,20,21). The number of H-pyrrole nitrogens is 1. The summed E-state index contributed by atoms with van der Waals surface area (Å²) in [5, 5.41) is 2.61. The number of hydrogen-bond donors (Lipinski definition) is 3. The first kappa shape index (κ1) is 14.3. The van der Waals surface area contributed by atoms with Gasteiger partial charge in [0.25, 0.3) is 5.91 Å². The van der Waals surface area contributed by atoms with Gasteiger partial charge in [0, 0.05) is 12.6 Å². The normalized spacial score (nSPS) is 12.3. The summed E-state index contributed by atoms with van der Waals surface area (Å²) in [4.78, 5) is 19.4. The molecule has 112 valence electrons. The number of benzene rings is 2. The summed E-state index contributed by atoms with van der Waals surface area (Å²) < 4.78 is 0. The molecule has 0 spiro atoms. The van der Waals surface area contributed by atoms with Crippen LogP contribution in [0.1, 0.15) is 27.8 Å². The highest BCUT2D eigenvalue weighted by molar-refractivity contribution is 5.97. The number of imidazole rings is 1. The zero-order valence-electron chi connectivity index (χ0n) is 12.3. The monoisotopic (exact) mass is 294 g/mol. The minimum Gasteiger partial charge on any atom is -0.355 e. The number of nitrogens with zero attached hydrogens (tertiary/aromatic N) is 1. The van der Waals surface area contributed by atoms with Crippen molar-refractivity contribution in [3.05, 3.63) is 65.5 Å². The van der Waals surface area contributed by atoms with Crippen molar-refractivity contribution < 1.29 is 4.79 Å². The summed E-state index contributed by atoms with van der Waals surface area (Å²) in [6.45, 7) is 0. The average Bonchev–Trinajstić information content (AvgIpc) is 2.98. The molecule has 5 heteroatoms. The van der Waals surface area contributed by atoms with E-state index in [-0.39, 0.29) is 11.9 Å². The van der Waals surface area contributed by atoms with Crippen LogP contribution in [0.25, 0.3) is 11.0 Å². The lowest BCUT2D eigenvalue weighted by Gasteiger charge is -2.08. The predicted molar refractivity (Wildman–Crippen MR) is 86.6 cm³/mol. The van der Waals surface area contributed by atoms with E-state index in [9.17, 15) is 4.79 Å². The highest BCUT2D eigenvalue weighted by Gasteiger charge is 2.13. The molecule has 1 amide bonds. The van der Waals surface area contributed by atoms with E-state index < -0.39 is 0 Å². The second-order valence-electron chi connectivity index (χ2n) is 5.23. The molecule has 1 aromatic heterocycles. The lowest BCUT2D eigenvalue weighted by molar-refractivity contribution is 0.0963. The van der Waals surface area contributed by atoms with Crippen molar-refractivity contribution in [1.29, 1.82) is 0 Å². The molecule has 3 rings (SSSR count). The SMILES string of the molecule is CNC(=O)c1ccc2nc(C(N)Cc3ccccc3)[nH]c2c1. The van der Waals surface area contributed by atoms with Crippen LogP contribution in [-0.2, 0) is 6.42 Å². The maximum atomic E-state index is 11.7. The van der Waals surface area contributed by atoms with Crippen molar-refractivity contribution >= 4 is 16.9 Å². The zero-order chi connectivity index (χ0) is 15.5. The molecule has 0 radical (unpaired) electrons. The van der Waals surface area contributed by atoms with Crippen LogP contribution in [0.2, 0.25) is 0 Å². The fourth-order valence-corrected chi connectivity index (χ4v) is 2.46. The first-order chi connectivity index (χ1) is 10.7. The number of carbonyl (C=O) groups is 1. The number of hydrogen-bond acceptors (Lipinski definition) is 3. The molecule has 0 saturated carbocycles. The maximum absolute atomic E-state index is 11.7. The molecule has 0 aliphatic heterocycles. The quantitative estimate of drug-likeness (QED) is 0.689. The first-order valence-corrected chi connectivity index (χ1v) is 7.18. The molecule has 0 aliphatic rings. The maximum Gasteiger partial charge on any atom is 0.251 e. The molecule has 2 aromatic carbocycles. The molecule has 0 bridgehead atoms. The topological polar surface area (TPSA) is 83.8 Å².